The number of benzene rings is 1. The minimum absolute atomic E-state index is 0.0757. The van der Waals surface area contributed by atoms with Crippen LogP contribution in [0.2, 0.25) is 0 Å². The Labute approximate surface area is 163 Å². The maximum Gasteiger partial charge on any atom is 0.317 e. The number of nitrogens with zero attached hydrogens (tertiary/aromatic N) is 5. The first-order valence-corrected chi connectivity index (χ1v) is 9.32. The Balaban J connectivity index is 1.22. The quantitative estimate of drug-likeness (QED) is 0.683. The summed E-state index contributed by atoms with van der Waals surface area (Å²) in [5, 5.41) is 3.95. The van der Waals surface area contributed by atoms with Crippen molar-refractivity contribution in [3.05, 3.63) is 55.0 Å². The van der Waals surface area contributed by atoms with E-state index in [0.29, 0.717) is 32.2 Å². The number of amides is 2. The molecule has 2 amide bonds. The van der Waals surface area contributed by atoms with E-state index < -0.39 is 0 Å². The van der Waals surface area contributed by atoms with E-state index in [1.165, 1.54) is 0 Å². The summed E-state index contributed by atoms with van der Waals surface area (Å²) < 4.78 is 5.81. The zero-order valence-corrected chi connectivity index (χ0v) is 15.5. The van der Waals surface area contributed by atoms with E-state index in [0.717, 1.165) is 29.7 Å². The van der Waals surface area contributed by atoms with Gasteiger partial charge < -0.3 is 19.9 Å². The summed E-state index contributed by atoms with van der Waals surface area (Å²) in [6, 6.07) is 11.4. The molecule has 1 aromatic carbocycles. The van der Waals surface area contributed by atoms with Gasteiger partial charge in [0.2, 0.25) is 5.95 Å². The van der Waals surface area contributed by atoms with Crippen molar-refractivity contribution in [3.8, 4) is 5.75 Å². The second-order valence-corrected chi connectivity index (χ2v) is 6.43. The molecule has 144 valence electrons. The predicted octanol–water partition coefficient (Wildman–Crippen LogP) is 1.94. The van der Waals surface area contributed by atoms with E-state index in [9.17, 15) is 4.79 Å². The van der Waals surface area contributed by atoms with Crippen LogP contribution in [0.4, 0.5) is 10.7 Å². The van der Waals surface area contributed by atoms with Crippen molar-refractivity contribution < 1.29 is 9.53 Å². The van der Waals surface area contributed by atoms with Crippen LogP contribution in [0.3, 0.4) is 0 Å². The molecule has 2 aromatic heterocycles. The molecule has 4 rings (SSSR count). The molecule has 1 aliphatic rings. The number of hydrogen-bond acceptors (Lipinski definition) is 6. The molecule has 0 atom stereocenters. The number of urea groups is 1. The highest BCUT2D eigenvalue weighted by Crippen LogP contribution is 2.22. The maximum atomic E-state index is 12.4. The second kappa shape index (κ2) is 8.51. The molecule has 1 aliphatic heterocycles. The van der Waals surface area contributed by atoms with Gasteiger partial charge in [-0.1, -0.05) is 18.2 Å². The fourth-order valence-corrected chi connectivity index (χ4v) is 3.19. The van der Waals surface area contributed by atoms with Crippen molar-refractivity contribution in [1.82, 2.24) is 25.2 Å². The third-order valence-corrected chi connectivity index (χ3v) is 4.63. The zero-order valence-electron chi connectivity index (χ0n) is 15.5. The fourth-order valence-electron chi connectivity index (χ4n) is 3.19. The van der Waals surface area contributed by atoms with Crippen molar-refractivity contribution in [3.63, 3.8) is 0 Å². The number of piperazine rings is 1. The molecule has 0 bridgehead atoms. The molecule has 3 heterocycles. The lowest BCUT2D eigenvalue weighted by atomic mass is 10.2. The number of rotatable bonds is 5. The zero-order chi connectivity index (χ0) is 19.2. The fraction of sp³-hybridized carbons (Fsp3) is 0.300. The lowest BCUT2D eigenvalue weighted by Crippen LogP contribution is -2.52. The van der Waals surface area contributed by atoms with Gasteiger partial charge in [0.05, 0.1) is 6.54 Å². The normalized spacial score (nSPS) is 14.1. The average molecular weight is 378 g/mol. The highest BCUT2D eigenvalue weighted by Gasteiger charge is 2.22. The van der Waals surface area contributed by atoms with Gasteiger partial charge >= 0.3 is 6.03 Å². The molecule has 8 nitrogen and oxygen atoms in total. The average Bonchev–Trinajstić information content (AvgIpc) is 2.77. The van der Waals surface area contributed by atoms with Crippen LogP contribution in [0.25, 0.3) is 10.9 Å². The Bertz CT molecular complexity index is 923. The molecule has 1 fully saturated rings. The van der Waals surface area contributed by atoms with E-state index in [1.54, 1.807) is 29.6 Å². The molecule has 0 spiro atoms. The van der Waals surface area contributed by atoms with Crippen LogP contribution >= 0.6 is 0 Å². The van der Waals surface area contributed by atoms with Crippen molar-refractivity contribution in [2.24, 2.45) is 0 Å². The van der Waals surface area contributed by atoms with E-state index in [2.05, 4.69) is 25.2 Å². The van der Waals surface area contributed by atoms with E-state index in [4.69, 9.17) is 4.74 Å². The molecule has 0 saturated carbocycles. The van der Waals surface area contributed by atoms with Crippen LogP contribution in [0, 0.1) is 0 Å². The number of pyridine rings is 1. The molecule has 28 heavy (non-hydrogen) atoms. The van der Waals surface area contributed by atoms with Gasteiger partial charge in [-0.05, 0) is 18.2 Å². The monoisotopic (exact) mass is 378 g/mol. The summed E-state index contributed by atoms with van der Waals surface area (Å²) >= 11 is 0. The Hall–Kier alpha value is -3.42. The molecule has 1 saturated heterocycles. The van der Waals surface area contributed by atoms with Gasteiger partial charge in [-0.3, -0.25) is 4.98 Å². The minimum Gasteiger partial charge on any atom is -0.489 e. The number of fused-ring (bicyclic) bond motifs is 1. The summed E-state index contributed by atoms with van der Waals surface area (Å²) in [6.07, 6.45) is 5.21. The van der Waals surface area contributed by atoms with Crippen LogP contribution in [0.15, 0.2) is 55.0 Å². The number of anilines is 1. The molecular weight excluding hydrogens is 356 g/mol. The molecule has 0 radical (unpaired) electrons. The van der Waals surface area contributed by atoms with Gasteiger partial charge in [-0.15, -0.1) is 0 Å². The van der Waals surface area contributed by atoms with E-state index in [1.807, 2.05) is 30.3 Å². The number of nitrogens with one attached hydrogen (secondary N) is 1. The van der Waals surface area contributed by atoms with Gasteiger partial charge in [0.1, 0.15) is 17.9 Å². The van der Waals surface area contributed by atoms with E-state index >= 15 is 0 Å². The molecule has 3 aromatic rings. The Morgan fingerprint density at radius 1 is 0.964 bits per heavy atom. The van der Waals surface area contributed by atoms with Crippen LogP contribution < -0.4 is 15.0 Å². The number of ether oxygens (including phenoxy) is 1. The summed E-state index contributed by atoms with van der Waals surface area (Å²) in [5.74, 6) is 1.43. The van der Waals surface area contributed by atoms with Crippen molar-refractivity contribution in [2.75, 3.05) is 44.2 Å². The smallest absolute Gasteiger partial charge is 0.317 e. The number of carbonyl (C=O) groups excluding carboxylic acids is 1. The highest BCUT2D eigenvalue weighted by atomic mass is 16.5. The Morgan fingerprint density at radius 2 is 1.71 bits per heavy atom. The van der Waals surface area contributed by atoms with Crippen LogP contribution in [0.1, 0.15) is 0 Å². The molecule has 0 aliphatic carbocycles. The van der Waals surface area contributed by atoms with Gasteiger partial charge in [-0.25, -0.2) is 14.8 Å². The molecule has 1 N–H and O–H groups in total. The lowest BCUT2D eigenvalue weighted by Gasteiger charge is -2.34. The van der Waals surface area contributed by atoms with Gasteiger partial charge in [-0.2, -0.15) is 0 Å². The third kappa shape index (κ3) is 4.11. The van der Waals surface area contributed by atoms with Gasteiger partial charge in [0.25, 0.3) is 0 Å². The van der Waals surface area contributed by atoms with Crippen LogP contribution in [-0.4, -0.2) is 65.2 Å². The van der Waals surface area contributed by atoms with E-state index in [-0.39, 0.29) is 6.03 Å². The largest absolute Gasteiger partial charge is 0.489 e. The maximum absolute atomic E-state index is 12.4. The first kappa shape index (κ1) is 18.0. The number of hydrogen-bond donors (Lipinski definition) is 1. The van der Waals surface area contributed by atoms with Gasteiger partial charge in [0.15, 0.2) is 0 Å². The Kier molecular flexibility index (Phi) is 5.46. The first-order valence-electron chi connectivity index (χ1n) is 9.32. The summed E-state index contributed by atoms with van der Waals surface area (Å²) in [6.45, 7) is 3.53. The van der Waals surface area contributed by atoms with Crippen molar-refractivity contribution >= 4 is 22.9 Å². The standard InChI is InChI=1S/C20H22N6O2/c27-20(26-13-11-25(12-14-26)19-22-8-3-9-23-19)24-10-15-28-17-6-1-4-16-5-2-7-21-18(16)17/h1-9H,10-15H2,(H,24,27). The second-order valence-electron chi connectivity index (χ2n) is 6.43. The lowest BCUT2D eigenvalue weighted by molar-refractivity contribution is 0.191. The van der Waals surface area contributed by atoms with Crippen LogP contribution in [0.5, 0.6) is 5.75 Å². The number of carbonyl (C=O) groups is 1. The first-order chi connectivity index (χ1) is 13.8. The third-order valence-electron chi connectivity index (χ3n) is 4.63. The topological polar surface area (TPSA) is 83.5 Å². The highest BCUT2D eigenvalue weighted by molar-refractivity contribution is 5.84. The molecule has 8 heteroatoms. The molecular formula is C20H22N6O2. The summed E-state index contributed by atoms with van der Waals surface area (Å²) in [4.78, 5) is 29.1. The van der Waals surface area contributed by atoms with Crippen molar-refractivity contribution in [1.29, 1.82) is 0 Å². The molecule has 0 unspecified atom stereocenters. The predicted molar refractivity (Wildman–Crippen MR) is 106 cm³/mol. The van der Waals surface area contributed by atoms with Crippen LogP contribution in [-0.2, 0) is 0 Å². The van der Waals surface area contributed by atoms with Crippen molar-refractivity contribution in [2.45, 2.75) is 0 Å². The van der Waals surface area contributed by atoms with Gasteiger partial charge in [0, 0.05) is 50.2 Å². The minimum atomic E-state index is -0.0757. The number of para-hydroxylation sites is 1. The number of aromatic nitrogens is 3. The Morgan fingerprint density at radius 3 is 2.54 bits per heavy atom. The summed E-state index contributed by atoms with van der Waals surface area (Å²) in [5.41, 5.74) is 0.829. The summed E-state index contributed by atoms with van der Waals surface area (Å²) in [7, 11) is 0. The SMILES string of the molecule is O=C(NCCOc1cccc2cccnc12)N1CCN(c2ncccn2)CC1.